The SMILES string of the molecule is CCCCCCCCCCCCCCOCC(O)COCCO. The van der Waals surface area contributed by atoms with Crippen molar-refractivity contribution in [3.8, 4) is 0 Å². The topological polar surface area (TPSA) is 58.9 Å². The van der Waals surface area contributed by atoms with Gasteiger partial charge >= 0.3 is 0 Å². The van der Waals surface area contributed by atoms with E-state index < -0.39 is 6.10 Å². The summed E-state index contributed by atoms with van der Waals surface area (Å²) in [6.07, 6.45) is 15.5. The predicted octanol–water partition coefficient (Wildman–Crippen LogP) is 4.07. The summed E-state index contributed by atoms with van der Waals surface area (Å²) < 4.78 is 10.5. The lowest BCUT2D eigenvalue weighted by molar-refractivity contribution is -0.0256. The standard InChI is InChI=1S/C19H40O4/c1-2-3-4-5-6-7-8-9-10-11-12-13-15-22-17-19(21)18-23-16-14-20/h19-21H,2-18H2,1H3. The molecule has 1 unspecified atom stereocenters. The highest BCUT2D eigenvalue weighted by Gasteiger charge is 2.03. The van der Waals surface area contributed by atoms with Crippen LogP contribution in [0.25, 0.3) is 0 Å². The van der Waals surface area contributed by atoms with Gasteiger partial charge in [-0.3, -0.25) is 0 Å². The van der Waals surface area contributed by atoms with Gasteiger partial charge in [-0.15, -0.1) is 0 Å². The minimum Gasteiger partial charge on any atom is -0.394 e. The average Bonchev–Trinajstić information content (AvgIpc) is 2.55. The summed E-state index contributed by atoms with van der Waals surface area (Å²) >= 11 is 0. The van der Waals surface area contributed by atoms with E-state index in [4.69, 9.17) is 14.6 Å². The van der Waals surface area contributed by atoms with Crippen LogP contribution in [0, 0.1) is 0 Å². The molecule has 0 bridgehead atoms. The van der Waals surface area contributed by atoms with Crippen LogP contribution in [-0.4, -0.2) is 49.4 Å². The van der Waals surface area contributed by atoms with Gasteiger partial charge < -0.3 is 19.7 Å². The van der Waals surface area contributed by atoms with Crippen molar-refractivity contribution in [3.63, 3.8) is 0 Å². The molecule has 0 saturated carbocycles. The Morgan fingerprint density at radius 3 is 1.57 bits per heavy atom. The normalized spacial score (nSPS) is 12.7. The molecule has 0 radical (unpaired) electrons. The van der Waals surface area contributed by atoms with Gasteiger partial charge in [-0.25, -0.2) is 0 Å². The first-order valence-corrected chi connectivity index (χ1v) is 9.75. The molecule has 0 rings (SSSR count). The van der Waals surface area contributed by atoms with Crippen LogP contribution in [0.1, 0.15) is 84.0 Å². The van der Waals surface area contributed by atoms with Crippen molar-refractivity contribution in [2.45, 2.75) is 90.1 Å². The van der Waals surface area contributed by atoms with Gasteiger partial charge in [0.1, 0.15) is 6.10 Å². The van der Waals surface area contributed by atoms with Gasteiger partial charge in [0.15, 0.2) is 0 Å². The molecule has 0 saturated heterocycles. The highest BCUT2D eigenvalue weighted by atomic mass is 16.5. The van der Waals surface area contributed by atoms with Crippen LogP contribution in [0.15, 0.2) is 0 Å². The maximum atomic E-state index is 9.54. The summed E-state index contributed by atoms with van der Waals surface area (Å²) in [5.41, 5.74) is 0. The predicted molar refractivity (Wildman–Crippen MR) is 95.8 cm³/mol. The van der Waals surface area contributed by atoms with Crippen LogP contribution >= 0.6 is 0 Å². The van der Waals surface area contributed by atoms with Crippen LogP contribution < -0.4 is 0 Å². The molecule has 0 aromatic carbocycles. The third-order valence-corrected chi connectivity index (χ3v) is 4.00. The molecule has 2 N–H and O–H groups in total. The summed E-state index contributed by atoms with van der Waals surface area (Å²) in [6, 6.07) is 0. The van der Waals surface area contributed by atoms with Crippen LogP contribution in [0.4, 0.5) is 0 Å². The van der Waals surface area contributed by atoms with Crippen molar-refractivity contribution in [2.24, 2.45) is 0 Å². The largest absolute Gasteiger partial charge is 0.394 e. The smallest absolute Gasteiger partial charge is 0.101 e. The number of rotatable bonds is 19. The van der Waals surface area contributed by atoms with Crippen molar-refractivity contribution in [1.82, 2.24) is 0 Å². The third kappa shape index (κ3) is 19.8. The molecule has 0 aliphatic heterocycles. The van der Waals surface area contributed by atoms with Gasteiger partial charge in [0.2, 0.25) is 0 Å². The molecular weight excluding hydrogens is 292 g/mol. The molecule has 4 nitrogen and oxygen atoms in total. The van der Waals surface area contributed by atoms with E-state index in [9.17, 15) is 5.11 Å². The first-order chi connectivity index (χ1) is 11.3. The summed E-state index contributed by atoms with van der Waals surface area (Å²) in [5, 5.41) is 18.1. The van der Waals surface area contributed by atoms with Gasteiger partial charge in [-0.2, -0.15) is 0 Å². The summed E-state index contributed by atoms with van der Waals surface area (Å²) in [5.74, 6) is 0. The van der Waals surface area contributed by atoms with E-state index in [-0.39, 0.29) is 19.8 Å². The maximum absolute atomic E-state index is 9.54. The third-order valence-electron chi connectivity index (χ3n) is 4.00. The van der Waals surface area contributed by atoms with E-state index in [2.05, 4.69) is 6.92 Å². The Balaban J connectivity index is 3.05. The molecule has 0 aliphatic rings. The Labute approximate surface area is 143 Å². The van der Waals surface area contributed by atoms with Gasteiger partial charge in [0.05, 0.1) is 26.4 Å². The minimum absolute atomic E-state index is 0.00751. The van der Waals surface area contributed by atoms with Crippen LogP contribution in [0.3, 0.4) is 0 Å². The average molecular weight is 333 g/mol. The lowest BCUT2D eigenvalue weighted by Crippen LogP contribution is -2.22. The zero-order valence-electron chi connectivity index (χ0n) is 15.3. The Kier molecular flexibility index (Phi) is 19.7. The second-order valence-corrected chi connectivity index (χ2v) is 6.42. The highest BCUT2D eigenvalue weighted by molar-refractivity contribution is 4.52. The van der Waals surface area contributed by atoms with E-state index in [1.807, 2.05) is 0 Å². The second-order valence-electron chi connectivity index (χ2n) is 6.42. The fourth-order valence-electron chi connectivity index (χ4n) is 2.60. The fourth-order valence-corrected chi connectivity index (χ4v) is 2.60. The number of ether oxygens (including phenoxy) is 2. The number of unbranched alkanes of at least 4 members (excludes halogenated alkanes) is 11. The Hall–Kier alpha value is -0.160. The number of hydrogen-bond acceptors (Lipinski definition) is 4. The van der Waals surface area contributed by atoms with Crippen LogP contribution in [0.5, 0.6) is 0 Å². The van der Waals surface area contributed by atoms with E-state index in [1.54, 1.807) is 0 Å². The first kappa shape index (κ1) is 22.8. The summed E-state index contributed by atoms with van der Waals surface area (Å²) in [4.78, 5) is 0. The second kappa shape index (κ2) is 19.9. The van der Waals surface area contributed by atoms with Gasteiger partial charge in [-0.1, -0.05) is 77.6 Å². The van der Waals surface area contributed by atoms with Crippen molar-refractivity contribution in [2.75, 3.05) is 33.0 Å². The molecule has 4 heteroatoms. The molecule has 23 heavy (non-hydrogen) atoms. The summed E-state index contributed by atoms with van der Waals surface area (Å²) in [6.45, 7) is 3.81. The lowest BCUT2D eigenvalue weighted by Gasteiger charge is -2.11. The van der Waals surface area contributed by atoms with Gasteiger partial charge in [0, 0.05) is 6.61 Å². The van der Waals surface area contributed by atoms with Crippen molar-refractivity contribution in [1.29, 1.82) is 0 Å². The molecule has 0 aromatic rings. The number of aliphatic hydroxyl groups is 2. The molecule has 0 fully saturated rings. The number of aliphatic hydroxyl groups excluding tert-OH is 2. The maximum Gasteiger partial charge on any atom is 0.101 e. The Bertz CT molecular complexity index is 212. The van der Waals surface area contributed by atoms with E-state index in [0.717, 1.165) is 6.42 Å². The van der Waals surface area contributed by atoms with Gasteiger partial charge in [-0.05, 0) is 6.42 Å². The number of hydrogen-bond donors (Lipinski definition) is 2. The van der Waals surface area contributed by atoms with Crippen molar-refractivity contribution >= 4 is 0 Å². The molecule has 0 aliphatic carbocycles. The molecule has 0 aromatic heterocycles. The molecule has 1 atom stereocenters. The zero-order chi connectivity index (χ0) is 17.0. The lowest BCUT2D eigenvalue weighted by atomic mass is 10.1. The molecule has 0 spiro atoms. The zero-order valence-corrected chi connectivity index (χ0v) is 15.3. The Morgan fingerprint density at radius 1 is 0.652 bits per heavy atom. The van der Waals surface area contributed by atoms with E-state index in [0.29, 0.717) is 13.2 Å². The van der Waals surface area contributed by atoms with Crippen molar-refractivity contribution in [3.05, 3.63) is 0 Å². The first-order valence-electron chi connectivity index (χ1n) is 9.75. The molecular formula is C19H40O4. The molecule has 0 amide bonds. The monoisotopic (exact) mass is 332 g/mol. The van der Waals surface area contributed by atoms with Crippen LogP contribution in [0.2, 0.25) is 0 Å². The van der Waals surface area contributed by atoms with Gasteiger partial charge in [0.25, 0.3) is 0 Å². The van der Waals surface area contributed by atoms with Crippen molar-refractivity contribution < 1.29 is 19.7 Å². The van der Waals surface area contributed by atoms with E-state index in [1.165, 1.54) is 70.6 Å². The Morgan fingerprint density at radius 2 is 1.09 bits per heavy atom. The minimum atomic E-state index is -0.584. The fraction of sp³-hybridized carbons (Fsp3) is 1.00. The van der Waals surface area contributed by atoms with Crippen LogP contribution in [-0.2, 0) is 9.47 Å². The quantitative estimate of drug-likeness (QED) is 0.350. The molecule has 140 valence electrons. The van der Waals surface area contributed by atoms with E-state index >= 15 is 0 Å². The summed E-state index contributed by atoms with van der Waals surface area (Å²) in [7, 11) is 0. The highest BCUT2D eigenvalue weighted by Crippen LogP contribution is 2.11. The molecule has 0 heterocycles.